The van der Waals surface area contributed by atoms with Gasteiger partial charge in [0, 0.05) is 30.6 Å². The highest BCUT2D eigenvalue weighted by Crippen LogP contribution is 2.24. The molecule has 152 valence electrons. The van der Waals surface area contributed by atoms with E-state index in [2.05, 4.69) is 47.5 Å². The molecule has 3 aromatic rings. The number of nitrogens with one attached hydrogen (secondary N) is 1. The van der Waals surface area contributed by atoms with E-state index in [0.29, 0.717) is 6.42 Å². The van der Waals surface area contributed by atoms with Crippen LogP contribution in [0.15, 0.2) is 59.2 Å². The maximum atomic E-state index is 12.9. The van der Waals surface area contributed by atoms with Crippen molar-refractivity contribution < 1.29 is 13.9 Å². The first kappa shape index (κ1) is 19.7. The van der Waals surface area contributed by atoms with Crippen molar-refractivity contribution in [2.45, 2.75) is 25.8 Å². The minimum atomic E-state index is -0.0494. The molecule has 2 aromatic carbocycles. The molecule has 2 heterocycles. The van der Waals surface area contributed by atoms with Gasteiger partial charge in [-0.15, -0.1) is 0 Å². The predicted octanol–water partition coefficient (Wildman–Crippen LogP) is 3.73. The highest BCUT2D eigenvalue weighted by atomic mass is 16.5. The highest BCUT2D eigenvalue weighted by molar-refractivity contribution is 5.88. The lowest BCUT2D eigenvalue weighted by Gasteiger charge is -2.31. The molecule has 1 amide bonds. The molecular weight excluding hydrogens is 364 g/mol. The molecule has 1 aromatic heterocycles. The molecule has 1 fully saturated rings. The van der Waals surface area contributed by atoms with Gasteiger partial charge in [-0.05, 0) is 23.6 Å². The summed E-state index contributed by atoms with van der Waals surface area (Å²) in [5.41, 5.74) is 4.13. The van der Waals surface area contributed by atoms with Crippen molar-refractivity contribution in [3.05, 3.63) is 71.5 Å². The van der Waals surface area contributed by atoms with Gasteiger partial charge in [0.25, 0.3) is 0 Å². The summed E-state index contributed by atoms with van der Waals surface area (Å²) in [7, 11) is 0. The number of fused-ring (bicyclic) bond motifs is 1. The average molecular weight is 392 g/mol. The van der Waals surface area contributed by atoms with Crippen LogP contribution in [0.4, 0.5) is 0 Å². The van der Waals surface area contributed by atoms with E-state index >= 15 is 0 Å². The summed E-state index contributed by atoms with van der Waals surface area (Å²) in [6, 6.07) is 16.3. The number of amides is 1. The number of carbonyl (C=O) groups excluding carboxylic acids is 1. The van der Waals surface area contributed by atoms with Crippen molar-refractivity contribution in [2.24, 2.45) is 0 Å². The Morgan fingerprint density at radius 1 is 1.14 bits per heavy atom. The Balaban J connectivity index is 1.47. The first-order valence-corrected chi connectivity index (χ1v) is 10.4. The molecule has 5 heteroatoms. The minimum absolute atomic E-state index is 0.00869. The van der Waals surface area contributed by atoms with E-state index in [0.717, 1.165) is 61.4 Å². The Hall–Kier alpha value is -2.63. The molecule has 1 saturated heterocycles. The van der Waals surface area contributed by atoms with E-state index in [-0.39, 0.29) is 11.9 Å². The number of rotatable bonds is 7. The van der Waals surface area contributed by atoms with Crippen molar-refractivity contribution in [2.75, 3.05) is 32.8 Å². The third kappa shape index (κ3) is 4.86. The van der Waals surface area contributed by atoms with Gasteiger partial charge < -0.3 is 14.5 Å². The van der Waals surface area contributed by atoms with Crippen molar-refractivity contribution in [1.82, 2.24) is 10.2 Å². The van der Waals surface area contributed by atoms with Crippen LogP contribution >= 0.6 is 0 Å². The van der Waals surface area contributed by atoms with E-state index < -0.39 is 0 Å². The third-order valence-electron chi connectivity index (χ3n) is 5.56. The van der Waals surface area contributed by atoms with Crippen LogP contribution in [0, 0.1) is 0 Å². The summed E-state index contributed by atoms with van der Waals surface area (Å²) in [5.74, 6) is 0.00869. The van der Waals surface area contributed by atoms with Gasteiger partial charge in [0.15, 0.2) is 0 Å². The SMILES string of the molecule is CCc1ccc2c(CC(=O)N[C@H](CN3CCOCC3)c3ccccc3)coc2c1. The zero-order chi connectivity index (χ0) is 20.1. The summed E-state index contributed by atoms with van der Waals surface area (Å²) < 4.78 is 11.2. The summed E-state index contributed by atoms with van der Waals surface area (Å²) in [4.78, 5) is 15.3. The summed E-state index contributed by atoms with van der Waals surface area (Å²) in [6.07, 6.45) is 2.99. The summed E-state index contributed by atoms with van der Waals surface area (Å²) >= 11 is 0. The molecular formula is C24H28N2O3. The fraction of sp³-hybridized carbons (Fsp3) is 0.375. The Labute approximate surface area is 171 Å². The zero-order valence-corrected chi connectivity index (χ0v) is 16.9. The second-order valence-electron chi connectivity index (χ2n) is 7.57. The molecule has 5 nitrogen and oxygen atoms in total. The normalized spacial score (nSPS) is 16.0. The lowest BCUT2D eigenvalue weighted by atomic mass is 10.0. The van der Waals surface area contributed by atoms with Crippen LogP contribution in [0.3, 0.4) is 0 Å². The number of ether oxygens (including phenoxy) is 1. The zero-order valence-electron chi connectivity index (χ0n) is 16.9. The molecule has 0 spiro atoms. The molecule has 29 heavy (non-hydrogen) atoms. The van der Waals surface area contributed by atoms with Crippen LogP contribution in [0.2, 0.25) is 0 Å². The fourth-order valence-electron chi connectivity index (χ4n) is 3.86. The van der Waals surface area contributed by atoms with E-state index in [1.54, 1.807) is 6.26 Å². The number of furan rings is 1. The summed E-state index contributed by atoms with van der Waals surface area (Å²) in [5, 5.41) is 4.26. The monoisotopic (exact) mass is 392 g/mol. The van der Waals surface area contributed by atoms with Crippen molar-refractivity contribution in [3.8, 4) is 0 Å². The Morgan fingerprint density at radius 2 is 1.93 bits per heavy atom. The number of carbonyl (C=O) groups is 1. The van der Waals surface area contributed by atoms with Crippen molar-refractivity contribution in [3.63, 3.8) is 0 Å². The number of morpholine rings is 1. The largest absolute Gasteiger partial charge is 0.464 e. The predicted molar refractivity (Wildman–Crippen MR) is 114 cm³/mol. The van der Waals surface area contributed by atoms with Crippen molar-refractivity contribution >= 4 is 16.9 Å². The Bertz CT molecular complexity index is 945. The topological polar surface area (TPSA) is 54.7 Å². The van der Waals surface area contributed by atoms with Crippen LogP contribution < -0.4 is 5.32 Å². The number of aryl methyl sites for hydroxylation is 1. The molecule has 4 rings (SSSR count). The van der Waals surface area contributed by atoms with Crippen LogP contribution in [0.5, 0.6) is 0 Å². The number of benzene rings is 2. The van der Waals surface area contributed by atoms with Crippen LogP contribution in [-0.4, -0.2) is 43.7 Å². The quantitative estimate of drug-likeness (QED) is 0.666. The van der Waals surface area contributed by atoms with Gasteiger partial charge in [0.05, 0.1) is 31.9 Å². The lowest BCUT2D eigenvalue weighted by Crippen LogP contribution is -2.43. The Kier molecular flexibility index (Phi) is 6.27. The molecule has 0 saturated carbocycles. The van der Waals surface area contributed by atoms with Gasteiger partial charge in [-0.25, -0.2) is 0 Å². The standard InChI is InChI=1S/C24H28N2O3/c1-2-18-8-9-21-20(17-29-23(21)14-18)15-24(27)25-22(19-6-4-3-5-7-19)16-26-10-12-28-13-11-26/h3-9,14,17,22H,2,10-13,15-16H2,1H3,(H,25,27)/t22-/m1/s1. The minimum Gasteiger partial charge on any atom is -0.464 e. The molecule has 0 bridgehead atoms. The first-order chi connectivity index (χ1) is 14.2. The maximum Gasteiger partial charge on any atom is 0.225 e. The molecule has 0 aliphatic carbocycles. The van der Waals surface area contributed by atoms with Crippen LogP contribution in [0.1, 0.15) is 29.7 Å². The molecule has 1 N–H and O–H groups in total. The van der Waals surface area contributed by atoms with E-state index in [4.69, 9.17) is 9.15 Å². The van der Waals surface area contributed by atoms with Gasteiger partial charge in [-0.1, -0.05) is 49.4 Å². The second-order valence-corrected chi connectivity index (χ2v) is 7.57. The van der Waals surface area contributed by atoms with Crippen LogP contribution in [-0.2, 0) is 22.4 Å². The van der Waals surface area contributed by atoms with E-state index in [1.165, 1.54) is 5.56 Å². The number of hydrogen-bond acceptors (Lipinski definition) is 4. The maximum absolute atomic E-state index is 12.9. The average Bonchev–Trinajstić information content (AvgIpc) is 3.16. The first-order valence-electron chi connectivity index (χ1n) is 10.4. The fourth-order valence-corrected chi connectivity index (χ4v) is 3.86. The van der Waals surface area contributed by atoms with Gasteiger partial charge in [-0.3, -0.25) is 9.69 Å². The lowest BCUT2D eigenvalue weighted by molar-refractivity contribution is -0.121. The van der Waals surface area contributed by atoms with E-state index in [1.807, 2.05) is 18.2 Å². The molecule has 0 radical (unpaired) electrons. The van der Waals surface area contributed by atoms with E-state index in [9.17, 15) is 4.79 Å². The third-order valence-corrected chi connectivity index (χ3v) is 5.56. The van der Waals surface area contributed by atoms with Gasteiger partial charge in [-0.2, -0.15) is 0 Å². The molecule has 1 aliphatic heterocycles. The van der Waals surface area contributed by atoms with Crippen molar-refractivity contribution in [1.29, 1.82) is 0 Å². The highest BCUT2D eigenvalue weighted by Gasteiger charge is 2.21. The van der Waals surface area contributed by atoms with Gasteiger partial charge in [0.2, 0.25) is 5.91 Å². The van der Waals surface area contributed by atoms with Crippen LogP contribution in [0.25, 0.3) is 11.0 Å². The Morgan fingerprint density at radius 3 is 2.69 bits per heavy atom. The number of nitrogens with zero attached hydrogens (tertiary/aromatic N) is 1. The smallest absolute Gasteiger partial charge is 0.225 e. The molecule has 1 aliphatic rings. The van der Waals surface area contributed by atoms with Gasteiger partial charge >= 0.3 is 0 Å². The summed E-state index contributed by atoms with van der Waals surface area (Å²) in [6.45, 7) is 6.19. The van der Waals surface area contributed by atoms with Gasteiger partial charge in [0.1, 0.15) is 5.58 Å². The molecule has 1 atom stereocenters. The number of hydrogen-bond donors (Lipinski definition) is 1. The second kappa shape index (κ2) is 9.25. The molecule has 0 unspecified atom stereocenters.